The standard InChI is InChI=1S/C6H9NO2S/c7-9-3-6-1-5(2-8)4-10-6/h1,4,8H,2-3,7H2. The Morgan fingerprint density at radius 3 is 3.00 bits per heavy atom. The Balaban J connectivity index is 2.59. The lowest BCUT2D eigenvalue weighted by atomic mass is 10.3. The lowest BCUT2D eigenvalue weighted by Crippen LogP contribution is -1.96. The first-order valence-electron chi connectivity index (χ1n) is 2.85. The minimum Gasteiger partial charge on any atom is -0.392 e. The van der Waals surface area contributed by atoms with Gasteiger partial charge in [-0.05, 0) is 17.0 Å². The molecule has 0 amide bonds. The van der Waals surface area contributed by atoms with Crippen LogP contribution < -0.4 is 5.90 Å². The van der Waals surface area contributed by atoms with Gasteiger partial charge in [0.15, 0.2) is 0 Å². The highest BCUT2D eigenvalue weighted by Crippen LogP contribution is 2.14. The van der Waals surface area contributed by atoms with Gasteiger partial charge in [-0.15, -0.1) is 11.3 Å². The number of hydrogen-bond donors (Lipinski definition) is 2. The van der Waals surface area contributed by atoms with Crippen LogP contribution in [0.25, 0.3) is 0 Å². The maximum absolute atomic E-state index is 8.65. The third-order valence-corrected chi connectivity index (χ3v) is 2.08. The lowest BCUT2D eigenvalue weighted by molar-refractivity contribution is 0.126. The topological polar surface area (TPSA) is 55.5 Å². The summed E-state index contributed by atoms with van der Waals surface area (Å²) < 4.78 is 0. The molecule has 0 aliphatic carbocycles. The molecule has 3 nitrogen and oxygen atoms in total. The molecule has 0 aromatic carbocycles. The Kier molecular flexibility index (Phi) is 2.82. The normalized spacial score (nSPS) is 10.2. The van der Waals surface area contributed by atoms with Crippen LogP contribution in [-0.4, -0.2) is 5.11 Å². The molecule has 0 unspecified atom stereocenters. The van der Waals surface area contributed by atoms with Crippen LogP contribution in [0, 0.1) is 0 Å². The molecule has 0 radical (unpaired) electrons. The fraction of sp³-hybridized carbons (Fsp3) is 0.333. The SMILES string of the molecule is NOCc1cc(CO)cs1. The highest BCUT2D eigenvalue weighted by molar-refractivity contribution is 7.10. The second-order valence-electron chi connectivity index (χ2n) is 1.89. The highest BCUT2D eigenvalue weighted by atomic mass is 32.1. The fourth-order valence-corrected chi connectivity index (χ4v) is 1.47. The van der Waals surface area contributed by atoms with Crippen LogP contribution in [0.2, 0.25) is 0 Å². The first-order chi connectivity index (χ1) is 4.86. The van der Waals surface area contributed by atoms with Crippen LogP contribution in [0.3, 0.4) is 0 Å². The number of thiophene rings is 1. The van der Waals surface area contributed by atoms with Crippen LogP contribution in [0.4, 0.5) is 0 Å². The van der Waals surface area contributed by atoms with Crippen molar-refractivity contribution in [2.45, 2.75) is 13.2 Å². The molecule has 1 aromatic heterocycles. The Morgan fingerprint density at radius 1 is 1.70 bits per heavy atom. The van der Waals surface area contributed by atoms with Crippen LogP contribution in [0.1, 0.15) is 10.4 Å². The number of aliphatic hydroxyl groups is 1. The van der Waals surface area contributed by atoms with Crippen LogP contribution in [0.15, 0.2) is 11.4 Å². The van der Waals surface area contributed by atoms with E-state index in [4.69, 9.17) is 11.0 Å². The van der Waals surface area contributed by atoms with Crippen molar-refractivity contribution in [1.29, 1.82) is 0 Å². The van der Waals surface area contributed by atoms with Gasteiger partial charge in [0, 0.05) is 4.88 Å². The van der Waals surface area contributed by atoms with E-state index >= 15 is 0 Å². The predicted octanol–water partition coefficient (Wildman–Crippen LogP) is 0.631. The number of hydrogen-bond acceptors (Lipinski definition) is 4. The number of nitrogens with two attached hydrogens (primary N) is 1. The molecule has 10 heavy (non-hydrogen) atoms. The van der Waals surface area contributed by atoms with Gasteiger partial charge in [0.05, 0.1) is 6.61 Å². The van der Waals surface area contributed by atoms with E-state index in [1.165, 1.54) is 11.3 Å². The zero-order chi connectivity index (χ0) is 7.40. The Bertz CT molecular complexity index is 199. The number of aliphatic hydroxyl groups excluding tert-OH is 1. The molecule has 1 aromatic rings. The molecule has 0 spiro atoms. The van der Waals surface area contributed by atoms with Crippen LogP contribution >= 0.6 is 11.3 Å². The summed E-state index contributed by atoms with van der Waals surface area (Å²) in [5.74, 6) is 4.86. The molecule has 1 rings (SSSR count). The van der Waals surface area contributed by atoms with Gasteiger partial charge in [0.2, 0.25) is 0 Å². The maximum atomic E-state index is 8.65. The minimum absolute atomic E-state index is 0.0844. The smallest absolute Gasteiger partial charge is 0.102 e. The summed E-state index contributed by atoms with van der Waals surface area (Å²) in [6.45, 7) is 0.506. The van der Waals surface area contributed by atoms with Crippen molar-refractivity contribution in [2.24, 2.45) is 5.90 Å². The second-order valence-corrected chi connectivity index (χ2v) is 2.89. The van der Waals surface area contributed by atoms with E-state index in [0.717, 1.165) is 10.4 Å². The van der Waals surface area contributed by atoms with Gasteiger partial charge in [-0.3, -0.25) is 4.84 Å². The third-order valence-electron chi connectivity index (χ3n) is 1.12. The first-order valence-corrected chi connectivity index (χ1v) is 3.73. The van der Waals surface area contributed by atoms with Crippen molar-refractivity contribution in [1.82, 2.24) is 0 Å². The molecular formula is C6H9NO2S. The first kappa shape index (κ1) is 7.68. The van der Waals surface area contributed by atoms with Crippen molar-refractivity contribution >= 4 is 11.3 Å². The van der Waals surface area contributed by atoms with E-state index in [-0.39, 0.29) is 6.61 Å². The molecule has 0 saturated carbocycles. The minimum atomic E-state index is 0.0844. The van der Waals surface area contributed by atoms with E-state index < -0.39 is 0 Å². The monoisotopic (exact) mass is 159 g/mol. The van der Waals surface area contributed by atoms with Crippen LogP contribution in [-0.2, 0) is 18.1 Å². The van der Waals surface area contributed by atoms with Gasteiger partial charge in [0.1, 0.15) is 6.61 Å². The van der Waals surface area contributed by atoms with Gasteiger partial charge < -0.3 is 5.11 Å². The number of rotatable bonds is 3. The van der Waals surface area contributed by atoms with Crippen molar-refractivity contribution in [3.05, 3.63) is 21.9 Å². The van der Waals surface area contributed by atoms with E-state index in [2.05, 4.69) is 4.84 Å². The van der Waals surface area contributed by atoms with Crippen molar-refractivity contribution in [2.75, 3.05) is 0 Å². The van der Waals surface area contributed by atoms with Gasteiger partial charge >= 0.3 is 0 Å². The van der Waals surface area contributed by atoms with Crippen molar-refractivity contribution < 1.29 is 9.94 Å². The molecule has 0 atom stereocenters. The van der Waals surface area contributed by atoms with E-state index in [1.807, 2.05) is 11.4 Å². The van der Waals surface area contributed by atoms with Gasteiger partial charge in [-0.25, -0.2) is 5.90 Å². The summed E-state index contributed by atoms with van der Waals surface area (Å²) >= 11 is 1.53. The van der Waals surface area contributed by atoms with E-state index in [0.29, 0.717) is 6.61 Å². The maximum Gasteiger partial charge on any atom is 0.102 e. The van der Waals surface area contributed by atoms with E-state index in [1.54, 1.807) is 0 Å². The fourth-order valence-electron chi connectivity index (χ4n) is 0.667. The molecule has 0 fully saturated rings. The highest BCUT2D eigenvalue weighted by Gasteiger charge is 1.96. The Morgan fingerprint density at radius 2 is 2.50 bits per heavy atom. The molecule has 0 aliphatic rings. The largest absolute Gasteiger partial charge is 0.392 e. The Labute approximate surface area is 63.0 Å². The molecule has 1 heterocycles. The summed E-state index contributed by atoms with van der Waals surface area (Å²) in [6.07, 6.45) is 0. The zero-order valence-corrected chi connectivity index (χ0v) is 6.23. The predicted molar refractivity (Wildman–Crippen MR) is 39.2 cm³/mol. The second kappa shape index (κ2) is 3.68. The quantitative estimate of drug-likeness (QED) is 0.636. The van der Waals surface area contributed by atoms with Crippen LogP contribution in [0.5, 0.6) is 0 Å². The lowest BCUT2D eigenvalue weighted by Gasteiger charge is -1.89. The molecule has 56 valence electrons. The third kappa shape index (κ3) is 1.78. The summed E-state index contributed by atoms with van der Waals surface area (Å²) in [4.78, 5) is 5.45. The van der Waals surface area contributed by atoms with Gasteiger partial charge in [-0.2, -0.15) is 0 Å². The molecule has 3 N–H and O–H groups in total. The summed E-state index contributed by atoms with van der Waals surface area (Å²) in [7, 11) is 0. The average Bonchev–Trinajstić information content (AvgIpc) is 2.37. The summed E-state index contributed by atoms with van der Waals surface area (Å²) in [5.41, 5.74) is 0.914. The molecule has 0 aliphatic heterocycles. The van der Waals surface area contributed by atoms with Crippen molar-refractivity contribution in [3.8, 4) is 0 Å². The molecule has 0 bridgehead atoms. The van der Waals surface area contributed by atoms with Gasteiger partial charge in [0.25, 0.3) is 0 Å². The molecule has 0 saturated heterocycles. The molecule has 4 heteroatoms. The van der Waals surface area contributed by atoms with Gasteiger partial charge in [-0.1, -0.05) is 0 Å². The Hall–Kier alpha value is -0.420. The van der Waals surface area contributed by atoms with E-state index in [9.17, 15) is 0 Å². The summed E-state index contributed by atoms with van der Waals surface area (Å²) in [6, 6.07) is 1.87. The average molecular weight is 159 g/mol. The summed E-state index contributed by atoms with van der Waals surface area (Å²) in [5, 5.41) is 10.5. The zero-order valence-electron chi connectivity index (χ0n) is 5.41. The molecular weight excluding hydrogens is 150 g/mol. The van der Waals surface area contributed by atoms with Crippen molar-refractivity contribution in [3.63, 3.8) is 0 Å².